The molecule has 1 saturated heterocycles. The molecule has 1 N–H and O–H groups in total. The molecule has 1 aromatic rings. The molecule has 0 bridgehead atoms. The number of aliphatic hydroxyl groups is 1. The van der Waals surface area contributed by atoms with Crippen molar-refractivity contribution in [2.75, 3.05) is 20.3 Å². The van der Waals surface area contributed by atoms with Crippen LogP contribution in [0.5, 0.6) is 5.75 Å². The van der Waals surface area contributed by atoms with Crippen LogP contribution in [-0.2, 0) is 6.54 Å². The van der Waals surface area contributed by atoms with Crippen molar-refractivity contribution in [1.82, 2.24) is 4.90 Å². The summed E-state index contributed by atoms with van der Waals surface area (Å²) < 4.78 is 5.34. The highest BCUT2D eigenvalue weighted by Gasteiger charge is 2.20. The summed E-state index contributed by atoms with van der Waals surface area (Å²) >= 11 is 0. The second-order valence-corrected chi connectivity index (χ2v) is 5.27. The number of rotatable bonds is 4. The van der Waals surface area contributed by atoms with E-state index in [4.69, 9.17) is 9.84 Å². The molecule has 1 aromatic carbocycles. The maximum absolute atomic E-state index is 8.80. The largest absolute Gasteiger partial charge is 0.495 e. The molecule has 0 saturated carbocycles. The Morgan fingerprint density at radius 2 is 2.30 bits per heavy atom. The lowest BCUT2D eigenvalue weighted by Crippen LogP contribution is -2.26. The van der Waals surface area contributed by atoms with E-state index in [2.05, 4.69) is 35.8 Å². The van der Waals surface area contributed by atoms with Gasteiger partial charge in [0.25, 0.3) is 0 Å². The van der Waals surface area contributed by atoms with Crippen LogP contribution in [0.4, 0.5) is 0 Å². The summed E-state index contributed by atoms with van der Waals surface area (Å²) in [6, 6.07) is 6.87. The van der Waals surface area contributed by atoms with Gasteiger partial charge >= 0.3 is 0 Å². The Hall–Kier alpha value is -1.50. The third-order valence-corrected chi connectivity index (χ3v) is 3.80. The molecule has 1 atom stereocenters. The van der Waals surface area contributed by atoms with Crippen molar-refractivity contribution < 1.29 is 9.84 Å². The van der Waals surface area contributed by atoms with E-state index in [0.717, 1.165) is 17.9 Å². The maximum Gasteiger partial charge on any atom is 0.134 e. The highest BCUT2D eigenvalue weighted by Crippen LogP contribution is 2.23. The van der Waals surface area contributed by atoms with Crippen LogP contribution in [0.15, 0.2) is 18.2 Å². The summed E-state index contributed by atoms with van der Waals surface area (Å²) in [5, 5.41) is 8.80. The van der Waals surface area contributed by atoms with Gasteiger partial charge in [-0.2, -0.15) is 0 Å². The molecule has 0 spiro atoms. The van der Waals surface area contributed by atoms with Crippen molar-refractivity contribution in [1.29, 1.82) is 0 Å². The number of hydrogen-bond acceptors (Lipinski definition) is 3. The lowest BCUT2D eigenvalue weighted by Gasteiger charge is -2.21. The first-order valence-electron chi connectivity index (χ1n) is 7.25. The standard InChI is InChI=1S/C17H23NO2/c1-14-6-5-10-18(14)13-15-8-9-17(20-2)16(12-15)7-3-4-11-19/h8-9,12,14,19H,4-6,10-11,13H2,1-2H3. The summed E-state index contributed by atoms with van der Waals surface area (Å²) in [6.07, 6.45) is 3.08. The van der Waals surface area contributed by atoms with Gasteiger partial charge in [-0.1, -0.05) is 17.9 Å². The van der Waals surface area contributed by atoms with Crippen molar-refractivity contribution in [3.63, 3.8) is 0 Å². The van der Waals surface area contributed by atoms with E-state index >= 15 is 0 Å². The Labute approximate surface area is 121 Å². The smallest absolute Gasteiger partial charge is 0.134 e. The van der Waals surface area contributed by atoms with Gasteiger partial charge in [0.2, 0.25) is 0 Å². The van der Waals surface area contributed by atoms with Gasteiger partial charge in [0, 0.05) is 19.0 Å². The molecule has 3 heteroatoms. The first kappa shape index (κ1) is 14.9. The average molecular weight is 273 g/mol. The van der Waals surface area contributed by atoms with Gasteiger partial charge in [-0.3, -0.25) is 4.90 Å². The summed E-state index contributed by atoms with van der Waals surface area (Å²) in [5.74, 6) is 6.85. The first-order valence-corrected chi connectivity index (χ1v) is 7.25. The van der Waals surface area contributed by atoms with Crippen LogP contribution in [0, 0.1) is 11.8 Å². The summed E-state index contributed by atoms with van der Waals surface area (Å²) in [5.41, 5.74) is 2.18. The zero-order chi connectivity index (χ0) is 14.4. The quantitative estimate of drug-likeness (QED) is 0.855. The zero-order valence-electron chi connectivity index (χ0n) is 12.4. The molecular weight excluding hydrogens is 250 g/mol. The fourth-order valence-electron chi connectivity index (χ4n) is 2.63. The molecule has 1 aliphatic rings. The minimum atomic E-state index is 0.0975. The summed E-state index contributed by atoms with van der Waals surface area (Å²) in [4.78, 5) is 2.51. The van der Waals surface area contributed by atoms with Crippen molar-refractivity contribution >= 4 is 0 Å². The molecule has 1 fully saturated rings. The van der Waals surface area contributed by atoms with Gasteiger partial charge in [0.05, 0.1) is 19.3 Å². The number of ether oxygens (including phenoxy) is 1. The molecule has 20 heavy (non-hydrogen) atoms. The Morgan fingerprint density at radius 3 is 2.95 bits per heavy atom. The predicted octanol–water partition coefficient (Wildman–Crippen LogP) is 2.41. The van der Waals surface area contributed by atoms with Crippen LogP contribution in [0.3, 0.4) is 0 Å². The first-order chi connectivity index (χ1) is 9.74. The topological polar surface area (TPSA) is 32.7 Å². The zero-order valence-corrected chi connectivity index (χ0v) is 12.4. The van der Waals surface area contributed by atoms with Gasteiger partial charge in [0.1, 0.15) is 5.75 Å². The highest BCUT2D eigenvalue weighted by molar-refractivity contribution is 5.48. The van der Waals surface area contributed by atoms with E-state index in [-0.39, 0.29) is 6.61 Å². The number of nitrogens with zero attached hydrogens (tertiary/aromatic N) is 1. The molecule has 1 heterocycles. The van der Waals surface area contributed by atoms with E-state index in [1.165, 1.54) is 24.9 Å². The molecule has 0 radical (unpaired) electrons. The fourth-order valence-corrected chi connectivity index (χ4v) is 2.63. The Kier molecular flexibility index (Phi) is 5.46. The van der Waals surface area contributed by atoms with Gasteiger partial charge in [-0.05, 0) is 44.0 Å². The van der Waals surface area contributed by atoms with Gasteiger partial charge in [-0.25, -0.2) is 0 Å². The number of likely N-dealkylation sites (tertiary alicyclic amines) is 1. The lowest BCUT2D eigenvalue weighted by atomic mass is 10.1. The van der Waals surface area contributed by atoms with Crippen molar-refractivity contribution in [2.24, 2.45) is 0 Å². The Bertz CT molecular complexity index is 501. The van der Waals surface area contributed by atoms with Gasteiger partial charge < -0.3 is 9.84 Å². The normalized spacial score (nSPS) is 18.6. The van der Waals surface area contributed by atoms with Crippen LogP contribution >= 0.6 is 0 Å². The van der Waals surface area contributed by atoms with Crippen molar-refractivity contribution in [3.8, 4) is 17.6 Å². The second kappa shape index (κ2) is 7.33. The maximum atomic E-state index is 8.80. The second-order valence-electron chi connectivity index (χ2n) is 5.27. The number of benzene rings is 1. The lowest BCUT2D eigenvalue weighted by molar-refractivity contribution is 0.260. The van der Waals surface area contributed by atoms with E-state index in [1.54, 1.807) is 7.11 Å². The molecule has 108 valence electrons. The van der Waals surface area contributed by atoms with Crippen LogP contribution in [0.1, 0.15) is 37.3 Å². The molecule has 3 nitrogen and oxygen atoms in total. The molecular formula is C17H23NO2. The Balaban J connectivity index is 2.14. The Morgan fingerprint density at radius 1 is 1.45 bits per heavy atom. The van der Waals surface area contributed by atoms with E-state index < -0.39 is 0 Å². The SMILES string of the molecule is COc1ccc(CN2CCCC2C)cc1C#CCCO. The van der Waals surface area contributed by atoms with Crippen molar-refractivity contribution in [3.05, 3.63) is 29.3 Å². The monoisotopic (exact) mass is 273 g/mol. The minimum Gasteiger partial charge on any atom is -0.495 e. The van der Waals surface area contributed by atoms with Crippen molar-refractivity contribution in [2.45, 2.75) is 38.8 Å². The number of methoxy groups -OCH3 is 1. The van der Waals surface area contributed by atoms with E-state index in [1.807, 2.05) is 6.07 Å². The summed E-state index contributed by atoms with van der Waals surface area (Å²) in [6.45, 7) is 4.54. The van der Waals surface area contributed by atoms with Crippen LogP contribution in [0.2, 0.25) is 0 Å². The van der Waals surface area contributed by atoms with E-state index in [9.17, 15) is 0 Å². The number of hydrogen-bond donors (Lipinski definition) is 1. The third kappa shape index (κ3) is 3.75. The fraction of sp³-hybridized carbons (Fsp3) is 0.529. The molecule has 2 rings (SSSR count). The molecule has 0 aliphatic carbocycles. The van der Waals surface area contributed by atoms with Gasteiger partial charge in [-0.15, -0.1) is 0 Å². The van der Waals surface area contributed by atoms with Crippen LogP contribution in [0.25, 0.3) is 0 Å². The summed E-state index contributed by atoms with van der Waals surface area (Å²) in [7, 11) is 1.66. The van der Waals surface area contributed by atoms with Gasteiger partial charge in [0.15, 0.2) is 0 Å². The predicted molar refractivity (Wildman–Crippen MR) is 80.7 cm³/mol. The third-order valence-electron chi connectivity index (χ3n) is 3.80. The average Bonchev–Trinajstić information content (AvgIpc) is 2.85. The number of aliphatic hydroxyl groups excluding tert-OH is 1. The van der Waals surface area contributed by atoms with Crippen LogP contribution in [-0.4, -0.2) is 36.3 Å². The molecule has 0 amide bonds. The molecule has 0 aromatic heterocycles. The highest BCUT2D eigenvalue weighted by atomic mass is 16.5. The molecule has 1 aliphatic heterocycles. The minimum absolute atomic E-state index is 0.0975. The molecule has 1 unspecified atom stereocenters. The van der Waals surface area contributed by atoms with E-state index in [0.29, 0.717) is 12.5 Å². The van der Waals surface area contributed by atoms with Crippen LogP contribution < -0.4 is 4.74 Å².